The molecule has 1 heterocycles. The van der Waals surface area contributed by atoms with E-state index in [1.54, 1.807) is 0 Å². The van der Waals surface area contributed by atoms with Gasteiger partial charge < -0.3 is 3.93 Å². The van der Waals surface area contributed by atoms with Gasteiger partial charge in [-0.2, -0.15) is 0 Å². The number of halogens is 2. The second-order valence-electron chi connectivity index (χ2n) is 2.96. The van der Waals surface area contributed by atoms with E-state index in [1.165, 1.54) is 17.7 Å². The third-order valence-corrected chi connectivity index (χ3v) is 3.08. The van der Waals surface area contributed by atoms with Gasteiger partial charge in [0.25, 0.3) is 0 Å². The standard InChI is InChI=1S/C9H9BrClN/c10-12-5-1-2-7-3-4-8(11)6-9(7)12/h3-4,6H,1-2,5H2. The van der Waals surface area contributed by atoms with E-state index in [9.17, 15) is 0 Å². The summed E-state index contributed by atoms with van der Waals surface area (Å²) in [4.78, 5) is 0. The summed E-state index contributed by atoms with van der Waals surface area (Å²) in [6, 6.07) is 6.06. The van der Waals surface area contributed by atoms with E-state index in [2.05, 4.69) is 26.1 Å². The fourth-order valence-electron chi connectivity index (χ4n) is 1.50. The normalized spacial score (nSPS) is 16.0. The van der Waals surface area contributed by atoms with Gasteiger partial charge >= 0.3 is 0 Å². The van der Waals surface area contributed by atoms with Gasteiger partial charge in [-0.25, -0.2) is 0 Å². The molecule has 0 fully saturated rings. The van der Waals surface area contributed by atoms with Gasteiger partial charge in [-0.05, 0) is 30.5 Å². The van der Waals surface area contributed by atoms with E-state index in [1.807, 2.05) is 12.1 Å². The van der Waals surface area contributed by atoms with Crippen LogP contribution in [0.3, 0.4) is 0 Å². The second-order valence-corrected chi connectivity index (χ2v) is 4.25. The summed E-state index contributed by atoms with van der Waals surface area (Å²) >= 11 is 9.39. The Morgan fingerprint density at radius 3 is 3.08 bits per heavy atom. The molecule has 0 saturated carbocycles. The van der Waals surface area contributed by atoms with Crippen molar-refractivity contribution in [3.05, 3.63) is 28.8 Å². The minimum Gasteiger partial charge on any atom is -0.309 e. The van der Waals surface area contributed by atoms with Gasteiger partial charge in [0.1, 0.15) is 0 Å². The fourth-order valence-corrected chi connectivity index (χ4v) is 2.25. The SMILES string of the molecule is Clc1ccc2c(c1)N(Br)CCC2. The lowest BCUT2D eigenvalue weighted by Crippen LogP contribution is -2.18. The van der Waals surface area contributed by atoms with Crippen LogP contribution in [-0.2, 0) is 6.42 Å². The Bertz CT molecular complexity index is 301. The molecular formula is C9H9BrClN. The molecule has 64 valence electrons. The lowest BCUT2D eigenvalue weighted by Gasteiger charge is -2.25. The zero-order valence-corrected chi connectivity index (χ0v) is 8.90. The lowest BCUT2D eigenvalue weighted by molar-refractivity contribution is 0.800. The van der Waals surface area contributed by atoms with E-state index in [0.29, 0.717) is 0 Å². The summed E-state index contributed by atoms with van der Waals surface area (Å²) < 4.78 is 2.08. The summed E-state index contributed by atoms with van der Waals surface area (Å²) in [7, 11) is 0. The minimum absolute atomic E-state index is 0.806. The third kappa shape index (κ3) is 1.46. The highest BCUT2D eigenvalue weighted by atomic mass is 79.9. The predicted molar refractivity (Wildman–Crippen MR) is 56.0 cm³/mol. The first-order valence-electron chi connectivity index (χ1n) is 3.99. The first-order chi connectivity index (χ1) is 5.77. The molecular weight excluding hydrogens is 237 g/mol. The third-order valence-electron chi connectivity index (χ3n) is 2.11. The quantitative estimate of drug-likeness (QED) is 0.634. The number of anilines is 1. The maximum absolute atomic E-state index is 5.89. The predicted octanol–water partition coefficient (Wildman–Crippen LogP) is 3.40. The van der Waals surface area contributed by atoms with Crippen molar-refractivity contribution in [2.75, 3.05) is 10.5 Å². The molecule has 0 atom stereocenters. The number of fused-ring (bicyclic) bond motifs is 1. The van der Waals surface area contributed by atoms with Crippen molar-refractivity contribution in [1.29, 1.82) is 0 Å². The summed E-state index contributed by atoms with van der Waals surface area (Å²) in [5.41, 5.74) is 2.59. The first kappa shape index (κ1) is 8.39. The van der Waals surface area contributed by atoms with Crippen LogP contribution in [0, 0.1) is 0 Å². The monoisotopic (exact) mass is 245 g/mol. The van der Waals surface area contributed by atoms with E-state index < -0.39 is 0 Å². The highest BCUT2D eigenvalue weighted by Crippen LogP contribution is 2.31. The summed E-state index contributed by atoms with van der Waals surface area (Å²) in [5.74, 6) is 0. The molecule has 0 unspecified atom stereocenters. The number of benzene rings is 1. The van der Waals surface area contributed by atoms with Gasteiger partial charge in [-0.3, -0.25) is 0 Å². The van der Waals surface area contributed by atoms with Crippen molar-refractivity contribution in [3.63, 3.8) is 0 Å². The molecule has 1 aliphatic rings. The highest BCUT2D eigenvalue weighted by Gasteiger charge is 2.14. The molecule has 1 aliphatic heterocycles. The van der Waals surface area contributed by atoms with E-state index >= 15 is 0 Å². The molecule has 0 spiro atoms. The van der Waals surface area contributed by atoms with Crippen molar-refractivity contribution < 1.29 is 0 Å². The molecule has 0 radical (unpaired) electrons. The zero-order chi connectivity index (χ0) is 8.55. The van der Waals surface area contributed by atoms with Gasteiger partial charge in [0.05, 0.1) is 5.69 Å². The van der Waals surface area contributed by atoms with Crippen LogP contribution in [0.25, 0.3) is 0 Å². The number of rotatable bonds is 0. The van der Waals surface area contributed by atoms with Crippen LogP contribution in [0.2, 0.25) is 5.02 Å². The zero-order valence-electron chi connectivity index (χ0n) is 6.56. The molecule has 2 rings (SSSR count). The largest absolute Gasteiger partial charge is 0.309 e. The molecule has 1 aromatic carbocycles. The van der Waals surface area contributed by atoms with Gasteiger partial charge in [-0.15, -0.1) is 0 Å². The summed E-state index contributed by atoms with van der Waals surface area (Å²) in [5, 5.41) is 0.806. The van der Waals surface area contributed by atoms with Crippen molar-refractivity contribution in [2.24, 2.45) is 0 Å². The Balaban J connectivity index is 2.47. The Morgan fingerprint density at radius 2 is 2.25 bits per heavy atom. The van der Waals surface area contributed by atoms with Crippen LogP contribution >= 0.6 is 27.7 Å². The fraction of sp³-hybridized carbons (Fsp3) is 0.333. The average Bonchev–Trinajstić information content (AvgIpc) is 2.07. The van der Waals surface area contributed by atoms with Crippen molar-refractivity contribution >= 4 is 33.4 Å². The van der Waals surface area contributed by atoms with Gasteiger partial charge in [0.15, 0.2) is 0 Å². The van der Waals surface area contributed by atoms with Crippen molar-refractivity contribution in [1.82, 2.24) is 0 Å². The van der Waals surface area contributed by atoms with Crippen molar-refractivity contribution in [3.8, 4) is 0 Å². The number of hydrogen-bond acceptors (Lipinski definition) is 1. The molecule has 1 aromatic rings. The van der Waals surface area contributed by atoms with Crippen LogP contribution in [0.1, 0.15) is 12.0 Å². The molecule has 3 heteroatoms. The van der Waals surface area contributed by atoms with Gasteiger partial charge in [0, 0.05) is 27.7 Å². The number of aryl methyl sites for hydroxylation is 1. The average molecular weight is 247 g/mol. The molecule has 0 amide bonds. The number of nitrogens with zero attached hydrogens (tertiary/aromatic N) is 1. The molecule has 0 bridgehead atoms. The molecule has 0 N–H and O–H groups in total. The molecule has 0 saturated heterocycles. The Morgan fingerprint density at radius 1 is 1.42 bits per heavy atom. The lowest BCUT2D eigenvalue weighted by atomic mass is 10.0. The molecule has 1 nitrogen and oxygen atoms in total. The van der Waals surface area contributed by atoms with Crippen LogP contribution in [0.4, 0.5) is 5.69 Å². The smallest absolute Gasteiger partial charge is 0.0517 e. The van der Waals surface area contributed by atoms with Crippen LogP contribution in [-0.4, -0.2) is 6.54 Å². The maximum Gasteiger partial charge on any atom is 0.0517 e. The molecule has 0 aliphatic carbocycles. The molecule has 0 aromatic heterocycles. The minimum atomic E-state index is 0.806. The Hall–Kier alpha value is -0.210. The van der Waals surface area contributed by atoms with Crippen LogP contribution in [0.5, 0.6) is 0 Å². The van der Waals surface area contributed by atoms with E-state index in [4.69, 9.17) is 11.6 Å². The van der Waals surface area contributed by atoms with Crippen LogP contribution in [0.15, 0.2) is 18.2 Å². The topological polar surface area (TPSA) is 3.24 Å². The van der Waals surface area contributed by atoms with Gasteiger partial charge in [-0.1, -0.05) is 17.7 Å². The van der Waals surface area contributed by atoms with Crippen LogP contribution < -0.4 is 3.93 Å². The van der Waals surface area contributed by atoms with E-state index in [-0.39, 0.29) is 0 Å². The molecule has 12 heavy (non-hydrogen) atoms. The van der Waals surface area contributed by atoms with E-state index in [0.717, 1.165) is 18.0 Å². The number of hydrogen-bond donors (Lipinski definition) is 0. The first-order valence-corrected chi connectivity index (χ1v) is 5.08. The summed E-state index contributed by atoms with van der Waals surface area (Å²) in [6.07, 6.45) is 2.37. The highest BCUT2D eigenvalue weighted by molar-refractivity contribution is 9.10. The summed E-state index contributed by atoms with van der Waals surface area (Å²) in [6.45, 7) is 1.06. The Kier molecular flexibility index (Phi) is 2.28. The second kappa shape index (κ2) is 3.27. The maximum atomic E-state index is 5.89. The van der Waals surface area contributed by atoms with Gasteiger partial charge in [0.2, 0.25) is 0 Å². The van der Waals surface area contributed by atoms with Crippen molar-refractivity contribution in [2.45, 2.75) is 12.8 Å². The Labute approximate surface area is 85.7 Å².